The molecule has 0 unspecified atom stereocenters. The number of anilines is 1. The van der Waals surface area contributed by atoms with Gasteiger partial charge in [0, 0.05) is 38.4 Å². The summed E-state index contributed by atoms with van der Waals surface area (Å²) in [4.78, 5) is 29.5. The van der Waals surface area contributed by atoms with Gasteiger partial charge in [-0.3, -0.25) is 14.5 Å². The smallest absolute Gasteiger partial charge is 0.313 e. The number of benzene rings is 2. The Balaban J connectivity index is 1.44. The van der Waals surface area contributed by atoms with E-state index in [2.05, 4.69) is 27.5 Å². The standard InChI is InChI=1S/C23H28N4O4/c1-16-4-3-5-18(12-16)25-23(29)22(28)24-14-19(27-10-8-26(2)9-11-27)17-6-7-20-21(13-17)31-15-30-20/h3-7,12-13,19H,8-11,14-15H2,1-2H3,(H,24,28)(H,25,29)/t19-/m1/s1. The number of likely N-dealkylation sites (N-methyl/N-ethyl adjacent to an activating group) is 1. The molecular weight excluding hydrogens is 396 g/mol. The minimum absolute atomic E-state index is 0.0704. The van der Waals surface area contributed by atoms with Crippen LogP contribution >= 0.6 is 0 Å². The highest BCUT2D eigenvalue weighted by Crippen LogP contribution is 2.35. The Morgan fingerprint density at radius 3 is 2.55 bits per heavy atom. The van der Waals surface area contributed by atoms with E-state index in [0.29, 0.717) is 18.0 Å². The molecule has 0 radical (unpaired) electrons. The van der Waals surface area contributed by atoms with Crippen molar-refractivity contribution in [3.8, 4) is 11.5 Å². The Morgan fingerprint density at radius 2 is 1.77 bits per heavy atom. The summed E-state index contributed by atoms with van der Waals surface area (Å²) in [6.07, 6.45) is 0. The maximum Gasteiger partial charge on any atom is 0.313 e. The summed E-state index contributed by atoms with van der Waals surface area (Å²) in [6.45, 7) is 6.12. The van der Waals surface area contributed by atoms with Crippen molar-refractivity contribution in [3.05, 3.63) is 53.6 Å². The van der Waals surface area contributed by atoms with E-state index in [0.717, 1.165) is 43.1 Å². The molecule has 2 aromatic carbocycles. The van der Waals surface area contributed by atoms with Crippen LogP contribution in [0.2, 0.25) is 0 Å². The molecule has 31 heavy (non-hydrogen) atoms. The van der Waals surface area contributed by atoms with E-state index >= 15 is 0 Å². The number of carbonyl (C=O) groups excluding carboxylic acids is 2. The molecule has 1 atom stereocenters. The molecule has 2 aliphatic rings. The van der Waals surface area contributed by atoms with Crippen molar-refractivity contribution in [2.75, 3.05) is 51.9 Å². The van der Waals surface area contributed by atoms with Gasteiger partial charge in [0.05, 0.1) is 6.04 Å². The monoisotopic (exact) mass is 424 g/mol. The van der Waals surface area contributed by atoms with E-state index in [1.54, 1.807) is 6.07 Å². The van der Waals surface area contributed by atoms with Crippen LogP contribution in [0.15, 0.2) is 42.5 Å². The molecule has 0 bridgehead atoms. The number of nitrogens with one attached hydrogen (secondary N) is 2. The van der Waals surface area contributed by atoms with Crippen molar-refractivity contribution in [1.29, 1.82) is 0 Å². The van der Waals surface area contributed by atoms with Crippen molar-refractivity contribution in [2.24, 2.45) is 0 Å². The van der Waals surface area contributed by atoms with E-state index in [-0.39, 0.29) is 12.8 Å². The first-order valence-corrected chi connectivity index (χ1v) is 10.5. The third-order valence-electron chi connectivity index (χ3n) is 5.70. The molecule has 0 saturated carbocycles. The average Bonchev–Trinajstić information content (AvgIpc) is 3.23. The molecule has 164 valence electrons. The molecule has 1 saturated heterocycles. The third kappa shape index (κ3) is 5.15. The maximum atomic E-state index is 12.5. The van der Waals surface area contributed by atoms with Gasteiger partial charge in [-0.2, -0.15) is 0 Å². The highest BCUT2D eigenvalue weighted by molar-refractivity contribution is 6.39. The summed E-state index contributed by atoms with van der Waals surface area (Å²) in [6, 6.07) is 13.1. The largest absolute Gasteiger partial charge is 0.454 e. The van der Waals surface area contributed by atoms with Crippen LogP contribution in [0.5, 0.6) is 11.5 Å². The summed E-state index contributed by atoms with van der Waals surface area (Å²) < 4.78 is 11.0. The number of ether oxygens (including phenoxy) is 2. The summed E-state index contributed by atoms with van der Waals surface area (Å²) in [5.74, 6) is 0.109. The Bertz CT molecular complexity index is 956. The van der Waals surface area contributed by atoms with E-state index in [9.17, 15) is 9.59 Å². The molecule has 2 N–H and O–H groups in total. The number of piperazine rings is 1. The zero-order valence-corrected chi connectivity index (χ0v) is 17.9. The highest BCUT2D eigenvalue weighted by Gasteiger charge is 2.27. The van der Waals surface area contributed by atoms with Crippen LogP contribution in [0.25, 0.3) is 0 Å². The Hall–Kier alpha value is -3.10. The second-order valence-corrected chi connectivity index (χ2v) is 8.00. The van der Waals surface area contributed by atoms with Gasteiger partial charge >= 0.3 is 11.8 Å². The van der Waals surface area contributed by atoms with Gasteiger partial charge in [0.25, 0.3) is 0 Å². The molecule has 2 amide bonds. The lowest BCUT2D eigenvalue weighted by molar-refractivity contribution is -0.136. The maximum absolute atomic E-state index is 12.5. The van der Waals surface area contributed by atoms with Crippen LogP contribution in [-0.2, 0) is 9.59 Å². The molecule has 2 aromatic rings. The number of nitrogens with zero attached hydrogens (tertiary/aromatic N) is 2. The lowest BCUT2D eigenvalue weighted by atomic mass is 10.0. The van der Waals surface area contributed by atoms with Gasteiger partial charge in [-0.05, 0) is 49.4 Å². The first-order valence-electron chi connectivity index (χ1n) is 10.5. The Kier molecular flexibility index (Phi) is 6.39. The summed E-state index contributed by atoms with van der Waals surface area (Å²) >= 11 is 0. The van der Waals surface area contributed by atoms with Crippen molar-refractivity contribution >= 4 is 17.5 Å². The van der Waals surface area contributed by atoms with Crippen LogP contribution in [0.1, 0.15) is 17.2 Å². The van der Waals surface area contributed by atoms with Crippen LogP contribution in [0, 0.1) is 6.92 Å². The topological polar surface area (TPSA) is 83.1 Å². The average molecular weight is 425 g/mol. The van der Waals surface area contributed by atoms with Crippen molar-refractivity contribution in [2.45, 2.75) is 13.0 Å². The fourth-order valence-corrected chi connectivity index (χ4v) is 3.89. The summed E-state index contributed by atoms with van der Waals surface area (Å²) in [5, 5.41) is 5.47. The molecule has 4 rings (SSSR count). The molecule has 2 aliphatic heterocycles. The SMILES string of the molecule is Cc1cccc(NC(=O)C(=O)NC[C@H](c2ccc3c(c2)OCO3)N2CCN(C)CC2)c1. The zero-order chi connectivity index (χ0) is 21.8. The van der Waals surface area contributed by atoms with Crippen LogP contribution < -0.4 is 20.1 Å². The molecule has 8 heteroatoms. The van der Waals surface area contributed by atoms with Gasteiger partial charge < -0.3 is 25.0 Å². The Morgan fingerprint density at radius 1 is 1.00 bits per heavy atom. The number of hydrogen-bond donors (Lipinski definition) is 2. The number of carbonyl (C=O) groups is 2. The molecule has 0 aliphatic carbocycles. The first-order chi connectivity index (χ1) is 15.0. The highest BCUT2D eigenvalue weighted by atomic mass is 16.7. The van der Waals surface area contributed by atoms with Gasteiger partial charge in [0.1, 0.15) is 0 Å². The van der Waals surface area contributed by atoms with Crippen LogP contribution in [0.3, 0.4) is 0 Å². The van der Waals surface area contributed by atoms with Crippen molar-refractivity contribution in [3.63, 3.8) is 0 Å². The molecule has 0 spiro atoms. The lowest BCUT2D eigenvalue weighted by Crippen LogP contribution is -2.49. The van der Waals surface area contributed by atoms with E-state index in [4.69, 9.17) is 9.47 Å². The minimum Gasteiger partial charge on any atom is -0.454 e. The number of hydrogen-bond acceptors (Lipinski definition) is 6. The lowest BCUT2D eigenvalue weighted by Gasteiger charge is -2.38. The summed E-state index contributed by atoms with van der Waals surface area (Å²) in [7, 11) is 2.10. The number of aryl methyl sites for hydroxylation is 1. The van der Waals surface area contributed by atoms with Crippen molar-refractivity contribution in [1.82, 2.24) is 15.1 Å². The van der Waals surface area contributed by atoms with Crippen LogP contribution in [-0.4, -0.2) is 68.2 Å². The molecular formula is C23H28N4O4. The number of rotatable bonds is 5. The first kappa shape index (κ1) is 21.1. The summed E-state index contributed by atoms with van der Waals surface area (Å²) in [5.41, 5.74) is 2.64. The van der Waals surface area contributed by atoms with Crippen molar-refractivity contribution < 1.29 is 19.1 Å². The normalized spacial score (nSPS) is 17.2. The number of fused-ring (bicyclic) bond motifs is 1. The fourth-order valence-electron chi connectivity index (χ4n) is 3.89. The number of amides is 2. The molecule has 0 aromatic heterocycles. The van der Waals surface area contributed by atoms with E-state index < -0.39 is 11.8 Å². The van der Waals surface area contributed by atoms with Crippen LogP contribution in [0.4, 0.5) is 5.69 Å². The zero-order valence-electron chi connectivity index (χ0n) is 17.9. The molecule has 8 nitrogen and oxygen atoms in total. The van der Waals surface area contributed by atoms with Gasteiger partial charge in [-0.15, -0.1) is 0 Å². The minimum atomic E-state index is -0.673. The van der Waals surface area contributed by atoms with E-state index in [1.165, 1.54) is 0 Å². The fraction of sp³-hybridized carbons (Fsp3) is 0.391. The van der Waals surface area contributed by atoms with Gasteiger partial charge in [0.15, 0.2) is 11.5 Å². The second kappa shape index (κ2) is 9.36. The van der Waals surface area contributed by atoms with Gasteiger partial charge in [-0.1, -0.05) is 18.2 Å². The Labute approximate surface area is 182 Å². The van der Waals surface area contributed by atoms with Gasteiger partial charge in [-0.25, -0.2) is 0 Å². The molecule has 2 heterocycles. The van der Waals surface area contributed by atoms with Gasteiger partial charge in [0.2, 0.25) is 6.79 Å². The molecule has 1 fully saturated rings. The second-order valence-electron chi connectivity index (χ2n) is 8.00. The quantitative estimate of drug-likeness (QED) is 0.712. The predicted molar refractivity (Wildman–Crippen MR) is 117 cm³/mol. The predicted octanol–water partition coefficient (Wildman–Crippen LogP) is 1.77. The third-order valence-corrected chi connectivity index (χ3v) is 5.70. The van der Waals surface area contributed by atoms with E-state index in [1.807, 2.05) is 43.3 Å².